The maximum Gasteiger partial charge on any atom is 0.167 e. The van der Waals surface area contributed by atoms with Crippen molar-refractivity contribution >= 4 is 0 Å². The molecule has 3 aromatic rings. The predicted molar refractivity (Wildman–Crippen MR) is 103 cm³/mol. The lowest BCUT2D eigenvalue weighted by Crippen LogP contribution is -2.05. The molecule has 3 heteroatoms. The zero-order valence-corrected chi connectivity index (χ0v) is 15.0. The molecule has 4 rings (SSSR count). The average molecular weight is 366 g/mol. The van der Waals surface area contributed by atoms with Gasteiger partial charge in [-0.3, -0.25) is 0 Å². The SMILES string of the molecule is Fc1cc(C2CCCCC2)ccc1-c1ccc(-c2ccccc2)c(F)c1F. The van der Waals surface area contributed by atoms with E-state index in [1.165, 1.54) is 24.6 Å². The van der Waals surface area contributed by atoms with E-state index >= 15 is 0 Å². The maximum atomic E-state index is 14.7. The molecular formula is C24H21F3. The van der Waals surface area contributed by atoms with Crippen molar-refractivity contribution in [1.29, 1.82) is 0 Å². The van der Waals surface area contributed by atoms with Crippen LogP contribution in [-0.4, -0.2) is 0 Å². The van der Waals surface area contributed by atoms with Crippen molar-refractivity contribution in [2.24, 2.45) is 0 Å². The lowest BCUT2D eigenvalue weighted by molar-refractivity contribution is 0.442. The Morgan fingerprint density at radius 3 is 1.96 bits per heavy atom. The molecule has 0 unspecified atom stereocenters. The second-order valence-corrected chi connectivity index (χ2v) is 7.23. The largest absolute Gasteiger partial charge is 0.206 e. The molecule has 0 atom stereocenters. The Kier molecular flexibility index (Phi) is 5.02. The molecule has 0 nitrogen and oxygen atoms in total. The quantitative estimate of drug-likeness (QED) is 0.450. The van der Waals surface area contributed by atoms with Crippen LogP contribution in [0.1, 0.15) is 43.6 Å². The zero-order valence-electron chi connectivity index (χ0n) is 15.0. The van der Waals surface area contributed by atoms with Gasteiger partial charge in [-0.15, -0.1) is 0 Å². The van der Waals surface area contributed by atoms with E-state index in [9.17, 15) is 13.2 Å². The van der Waals surface area contributed by atoms with Gasteiger partial charge in [-0.2, -0.15) is 0 Å². The molecule has 0 N–H and O–H groups in total. The van der Waals surface area contributed by atoms with Crippen LogP contribution in [0.4, 0.5) is 13.2 Å². The molecule has 1 aliphatic carbocycles. The fourth-order valence-electron chi connectivity index (χ4n) is 4.04. The van der Waals surface area contributed by atoms with Crippen LogP contribution in [0, 0.1) is 17.5 Å². The summed E-state index contributed by atoms with van der Waals surface area (Å²) in [6.45, 7) is 0. The van der Waals surface area contributed by atoms with Gasteiger partial charge in [0, 0.05) is 16.7 Å². The number of halogens is 3. The molecule has 138 valence electrons. The van der Waals surface area contributed by atoms with Crippen molar-refractivity contribution in [3.8, 4) is 22.3 Å². The molecule has 1 fully saturated rings. The van der Waals surface area contributed by atoms with Gasteiger partial charge in [-0.1, -0.05) is 73.9 Å². The standard InChI is InChI=1S/C24H21F3/c25-22-15-18(16-7-3-1-4-8-16)11-12-20(22)21-14-13-19(23(26)24(21)27)17-9-5-2-6-10-17/h2,5-6,9-16H,1,3-4,7-8H2. The highest BCUT2D eigenvalue weighted by molar-refractivity contribution is 5.72. The number of hydrogen-bond acceptors (Lipinski definition) is 0. The molecule has 3 aromatic carbocycles. The first-order valence-electron chi connectivity index (χ1n) is 9.48. The number of hydrogen-bond donors (Lipinski definition) is 0. The first-order chi connectivity index (χ1) is 13.1. The number of rotatable bonds is 3. The Morgan fingerprint density at radius 1 is 0.630 bits per heavy atom. The Hall–Kier alpha value is -2.55. The van der Waals surface area contributed by atoms with Crippen molar-refractivity contribution in [2.45, 2.75) is 38.0 Å². The van der Waals surface area contributed by atoms with Gasteiger partial charge in [0.25, 0.3) is 0 Å². The lowest BCUT2D eigenvalue weighted by Gasteiger charge is -2.22. The van der Waals surface area contributed by atoms with Gasteiger partial charge in [0.15, 0.2) is 11.6 Å². The maximum absolute atomic E-state index is 14.7. The fraction of sp³-hybridized carbons (Fsp3) is 0.250. The summed E-state index contributed by atoms with van der Waals surface area (Å²) in [6.07, 6.45) is 5.68. The summed E-state index contributed by atoms with van der Waals surface area (Å²) in [6, 6.07) is 16.7. The smallest absolute Gasteiger partial charge is 0.167 e. The summed E-state index contributed by atoms with van der Waals surface area (Å²) >= 11 is 0. The highest BCUT2D eigenvalue weighted by Crippen LogP contribution is 2.36. The fourth-order valence-corrected chi connectivity index (χ4v) is 4.04. The summed E-state index contributed by atoms with van der Waals surface area (Å²) in [5.41, 5.74) is 1.79. The molecule has 1 saturated carbocycles. The van der Waals surface area contributed by atoms with Gasteiger partial charge in [0.1, 0.15) is 5.82 Å². The van der Waals surface area contributed by atoms with Crippen LogP contribution in [0.15, 0.2) is 60.7 Å². The Morgan fingerprint density at radius 2 is 1.26 bits per heavy atom. The first-order valence-corrected chi connectivity index (χ1v) is 9.48. The van der Waals surface area contributed by atoms with E-state index in [0.717, 1.165) is 31.2 Å². The topological polar surface area (TPSA) is 0 Å². The molecule has 0 saturated heterocycles. The summed E-state index contributed by atoms with van der Waals surface area (Å²) in [5, 5.41) is 0. The molecule has 1 aliphatic rings. The van der Waals surface area contributed by atoms with E-state index < -0.39 is 17.5 Å². The van der Waals surface area contributed by atoms with Crippen LogP contribution in [0.25, 0.3) is 22.3 Å². The van der Waals surface area contributed by atoms with Gasteiger partial charge in [0.2, 0.25) is 0 Å². The minimum Gasteiger partial charge on any atom is -0.206 e. The van der Waals surface area contributed by atoms with Gasteiger partial charge >= 0.3 is 0 Å². The molecule has 0 radical (unpaired) electrons. The number of benzene rings is 3. The van der Waals surface area contributed by atoms with E-state index in [1.54, 1.807) is 30.3 Å². The third-order valence-corrected chi connectivity index (χ3v) is 5.53. The highest BCUT2D eigenvalue weighted by atomic mass is 19.2. The van der Waals surface area contributed by atoms with E-state index in [4.69, 9.17) is 0 Å². The Bertz CT molecular complexity index is 941. The molecular weight excluding hydrogens is 345 g/mol. The van der Waals surface area contributed by atoms with Crippen LogP contribution in [0.3, 0.4) is 0 Å². The highest BCUT2D eigenvalue weighted by Gasteiger charge is 2.20. The summed E-state index contributed by atoms with van der Waals surface area (Å²) in [5.74, 6) is -2.09. The van der Waals surface area contributed by atoms with Crippen molar-refractivity contribution in [3.05, 3.63) is 83.7 Å². The minimum atomic E-state index is -1.01. The molecule has 0 aromatic heterocycles. The van der Waals surface area contributed by atoms with Crippen molar-refractivity contribution < 1.29 is 13.2 Å². The molecule has 0 amide bonds. The second-order valence-electron chi connectivity index (χ2n) is 7.23. The molecule has 0 spiro atoms. The second kappa shape index (κ2) is 7.59. The van der Waals surface area contributed by atoms with Crippen LogP contribution < -0.4 is 0 Å². The summed E-state index contributed by atoms with van der Waals surface area (Å²) in [4.78, 5) is 0. The van der Waals surface area contributed by atoms with Gasteiger partial charge in [0.05, 0.1) is 0 Å². The van der Waals surface area contributed by atoms with E-state index in [0.29, 0.717) is 11.5 Å². The minimum absolute atomic E-state index is 0.0418. The van der Waals surface area contributed by atoms with E-state index in [2.05, 4.69) is 0 Å². The van der Waals surface area contributed by atoms with E-state index in [-0.39, 0.29) is 16.7 Å². The van der Waals surface area contributed by atoms with E-state index in [1.807, 2.05) is 12.1 Å². The summed E-state index contributed by atoms with van der Waals surface area (Å²) < 4.78 is 44.1. The molecule has 0 heterocycles. The van der Waals surface area contributed by atoms with Gasteiger partial charge in [-0.25, -0.2) is 13.2 Å². The molecule has 0 bridgehead atoms. The van der Waals surface area contributed by atoms with Crippen LogP contribution in [0.5, 0.6) is 0 Å². The Labute approximate surface area is 157 Å². The third-order valence-electron chi connectivity index (χ3n) is 5.53. The average Bonchev–Trinajstić information content (AvgIpc) is 2.72. The predicted octanol–water partition coefficient (Wildman–Crippen LogP) is 7.49. The van der Waals surface area contributed by atoms with Crippen molar-refractivity contribution in [2.75, 3.05) is 0 Å². The monoisotopic (exact) mass is 366 g/mol. The van der Waals surface area contributed by atoms with Gasteiger partial charge < -0.3 is 0 Å². The lowest BCUT2D eigenvalue weighted by atomic mass is 9.83. The first kappa shape index (κ1) is 17.8. The van der Waals surface area contributed by atoms with Crippen molar-refractivity contribution in [1.82, 2.24) is 0 Å². The normalized spacial score (nSPS) is 15.1. The van der Waals surface area contributed by atoms with Crippen LogP contribution in [0.2, 0.25) is 0 Å². The molecule has 27 heavy (non-hydrogen) atoms. The van der Waals surface area contributed by atoms with Crippen molar-refractivity contribution in [3.63, 3.8) is 0 Å². The van der Waals surface area contributed by atoms with Crippen LogP contribution >= 0.6 is 0 Å². The molecule has 0 aliphatic heterocycles. The summed E-state index contributed by atoms with van der Waals surface area (Å²) in [7, 11) is 0. The van der Waals surface area contributed by atoms with Gasteiger partial charge in [-0.05, 0) is 36.0 Å². The van der Waals surface area contributed by atoms with Crippen LogP contribution in [-0.2, 0) is 0 Å². The third kappa shape index (κ3) is 3.51. The zero-order chi connectivity index (χ0) is 18.8. The Balaban J connectivity index is 1.70.